The summed E-state index contributed by atoms with van der Waals surface area (Å²) in [6.07, 6.45) is 0.960. The first-order valence-electron chi connectivity index (χ1n) is 9.14. The van der Waals surface area contributed by atoms with Crippen molar-refractivity contribution in [3.05, 3.63) is 12.7 Å². The Kier molecular flexibility index (Phi) is 6.52. The summed E-state index contributed by atoms with van der Waals surface area (Å²) >= 11 is 0. The molecule has 1 aliphatic rings. The van der Waals surface area contributed by atoms with Gasteiger partial charge < -0.3 is 37.1 Å². The van der Waals surface area contributed by atoms with Gasteiger partial charge in [0.1, 0.15) is 30.2 Å². The fourth-order valence-electron chi connectivity index (χ4n) is 3.34. The average molecular weight is 380 g/mol. The minimum Gasteiger partial charge on any atom is -0.387 e. The largest absolute Gasteiger partial charge is 0.387 e. The molecule has 0 spiro atoms. The lowest BCUT2D eigenvalue weighted by molar-refractivity contribution is -0.0442. The van der Waals surface area contributed by atoms with Gasteiger partial charge in [-0.15, -0.1) is 0 Å². The van der Waals surface area contributed by atoms with Crippen LogP contribution in [-0.2, 0) is 4.74 Å². The molecule has 3 rings (SSSR count). The van der Waals surface area contributed by atoms with Crippen molar-refractivity contribution in [1.29, 1.82) is 0 Å². The van der Waals surface area contributed by atoms with Crippen LogP contribution < -0.4 is 17.2 Å². The number of nitrogen functional groups attached to an aromatic ring is 1. The van der Waals surface area contributed by atoms with E-state index in [1.165, 1.54) is 12.7 Å². The molecule has 0 unspecified atom stereocenters. The molecule has 1 fully saturated rings. The molecular formula is C16H28N8O3. The SMILES string of the molecule is NCCCN(CCCN)C[C@H]1O[C@@H](n2cnc3c(N)ncnc32)[C@H](O)[C@@H]1O. The van der Waals surface area contributed by atoms with Crippen LogP contribution in [0.3, 0.4) is 0 Å². The molecule has 1 aliphatic heterocycles. The Bertz CT molecular complexity index is 734. The lowest BCUT2D eigenvalue weighted by Gasteiger charge is -2.26. The second-order valence-corrected chi connectivity index (χ2v) is 6.71. The zero-order valence-electron chi connectivity index (χ0n) is 15.2. The first-order chi connectivity index (χ1) is 13.1. The monoisotopic (exact) mass is 380 g/mol. The number of anilines is 1. The Morgan fingerprint density at radius 2 is 1.78 bits per heavy atom. The molecule has 2 aromatic heterocycles. The predicted molar refractivity (Wildman–Crippen MR) is 99.4 cm³/mol. The Morgan fingerprint density at radius 1 is 1.07 bits per heavy atom. The molecule has 11 heteroatoms. The van der Waals surface area contributed by atoms with Crippen molar-refractivity contribution in [3.8, 4) is 0 Å². The van der Waals surface area contributed by atoms with E-state index >= 15 is 0 Å². The fourth-order valence-corrected chi connectivity index (χ4v) is 3.34. The minimum absolute atomic E-state index is 0.248. The molecule has 27 heavy (non-hydrogen) atoms. The summed E-state index contributed by atoms with van der Waals surface area (Å²) in [5.74, 6) is 0.248. The molecule has 4 atom stereocenters. The Morgan fingerprint density at radius 3 is 2.44 bits per heavy atom. The van der Waals surface area contributed by atoms with Crippen molar-refractivity contribution in [1.82, 2.24) is 24.4 Å². The first kappa shape index (κ1) is 19.9. The van der Waals surface area contributed by atoms with E-state index in [9.17, 15) is 10.2 Å². The average Bonchev–Trinajstić information content (AvgIpc) is 3.21. The molecule has 0 saturated carbocycles. The normalized spacial score (nSPS) is 25.7. The van der Waals surface area contributed by atoms with Crippen molar-refractivity contribution in [2.24, 2.45) is 11.5 Å². The third-order valence-electron chi connectivity index (χ3n) is 4.79. The van der Waals surface area contributed by atoms with Crippen molar-refractivity contribution >= 4 is 17.0 Å². The third-order valence-corrected chi connectivity index (χ3v) is 4.79. The number of aliphatic hydroxyl groups excluding tert-OH is 2. The highest BCUT2D eigenvalue weighted by atomic mass is 16.6. The van der Waals surface area contributed by atoms with Gasteiger partial charge in [-0.2, -0.15) is 0 Å². The molecule has 150 valence electrons. The zero-order chi connectivity index (χ0) is 19.4. The summed E-state index contributed by atoms with van der Waals surface area (Å²) in [7, 11) is 0. The molecule has 0 radical (unpaired) electrons. The second-order valence-electron chi connectivity index (χ2n) is 6.71. The quantitative estimate of drug-likeness (QED) is 0.328. The van der Waals surface area contributed by atoms with Gasteiger partial charge in [0.15, 0.2) is 17.7 Å². The maximum absolute atomic E-state index is 10.5. The predicted octanol–water partition coefficient (Wildman–Crippen LogP) is -1.97. The Hall–Kier alpha value is -1.89. The molecule has 3 heterocycles. The summed E-state index contributed by atoms with van der Waals surface area (Å²) in [5.41, 5.74) is 17.9. The number of aromatic nitrogens is 4. The molecule has 11 nitrogen and oxygen atoms in total. The highest BCUT2D eigenvalue weighted by molar-refractivity contribution is 5.81. The van der Waals surface area contributed by atoms with Crippen molar-refractivity contribution < 1.29 is 14.9 Å². The second kappa shape index (κ2) is 8.87. The molecule has 1 saturated heterocycles. The topological polar surface area (TPSA) is 175 Å². The van der Waals surface area contributed by atoms with E-state index < -0.39 is 24.5 Å². The van der Waals surface area contributed by atoms with Gasteiger partial charge in [0.25, 0.3) is 0 Å². The molecule has 0 bridgehead atoms. The van der Waals surface area contributed by atoms with Gasteiger partial charge in [0, 0.05) is 6.54 Å². The first-order valence-corrected chi connectivity index (χ1v) is 9.14. The van der Waals surface area contributed by atoms with Gasteiger partial charge in [-0.3, -0.25) is 4.57 Å². The molecular weight excluding hydrogens is 352 g/mol. The van der Waals surface area contributed by atoms with E-state index in [-0.39, 0.29) is 5.82 Å². The van der Waals surface area contributed by atoms with Crippen LogP contribution in [0.25, 0.3) is 11.2 Å². The van der Waals surface area contributed by atoms with Gasteiger partial charge in [-0.1, -0.05) is 0 Å². The number of imidazole rings is 1. The van der Waals surface area contributed by atoms with Crippen molar-refractivity contribution in [2.45, 2.75) is 37.4 Å². The van der Waals surface area contributed by atoms with Crippen LogP contribution in [0, 0.1) is 0 Å². The van der Waals surface area contributed by atoms with E-state index in [2.05, 4.69) is 19.9 Å². The van der Waals surface area contributed by atoms with Crippen LogP contribution in [-0.4, -0.2) is 85.7 Å². The number of nitrogens with two attached hydrogens (primary N) is 3. The number of hydrogen-bond acceptors (Lipinski definition) is 10. The van der Waals surface area contributed by atoms with Gasteiger partial charge in [-0.25, -0.2) is 15.0 Å². The van der Waals surface area contributed by atoms with Crippen LogP contribution in [0.5, 0.6) is 0 Å². The number of fused-ring (bicyclic) bond motifs is 1. The standard InChI is InChI=1S/C16H28N8O3/c17-3-1-5-23(6-2-4-18)7-10-12(25)13(26)16(27-10)24-9-22-11-14(19)20-8-21-15(11)24/h8-10,12-13,16,25-26H,1-7,17-18H2,(H2,19,20,21)/t10-,12-,13-,16-/m1/s1. The van der Waals surface area contributed by atoms with Crippen LogP contribution in [0.4, 0.5) is 5.82 Å². The Labute approximate surface area is 157 Å². The summed E-state index contributed by atoms with van der Waals surface area (Å²) in [6, 6.07) is 0. The van der Waals surface area contributed by atoms with E-state index in [1.54, 1.807) is 4.57 Å². The van der Waals surface area contributed by atoms with E-state index in [1.807, 2.05) is 0 Å². The third kappa shape index (κ3) is 4.18. The van der Waals surface area contributed by atoms with Crippen LogP contribution in [0.1, 0.15) is 19.1 Å². The molecule has 8 N–H and O–H groups in total. The fraction of sp³-hybridized carbons (Fsp3) is 0.688. The Balaban J connectivity index is 1.75. The van der Waals surface area contributed by atoms with E-state index in [4.69, 9.17) is 21.9 Å². The number of nitrogens with zero attached hydrogens (tertiary/aromatic N) is 5. The van der Waals surface area contributed by atoms with Gasteiger partial charge >= 0.3 is 0 Å². The summed E-state index contributed by atoms with van der Waals surface area (Å²) in [5, 5.41) is 21.0. The van der Waals surface area contributed by atoms with Gasteiger partial charge in [0.05, 0.1) is 6.33 Å². The zero-order valence-corrected chi connectivity index (χ0v) is 15.2. The lowest BCUT2D eigenvalue weighted by atomic mass is 10.1. The van der Waals surface area contributed by atoms with E-state index in [0.29, 0.717) is 30.8 Å². The molecule has 0 amide bonds. The minimum atomic E-state index is -1.12. The van der Waals surface area contributed by atoms with Crippen molar-refractivity contribution in [3.63, 3.8) is 0 Å². The number of aliphatic hydroxyl groups is 2. The lowest BCUT2D eigenvalue weighted by Crippen LogP contribution is -2.41. The highest BCUT2D eigenvalue weighted by Crippen LogP contribution is 2.32. The molecule has 0 aromatic carbocycles. The maximum Gasteiger partial charge on any atom is 0.167 e. The number of hydrogen-bond donors (Lipinski definition) is 5. The summed E-state index contributed by atoms with van der Waals surface area (Å²) in [6.45, 7) is 3.20. The maximum atomic E-state index is 10.5. The summed E-state index contributed by atoms with van der Waals surface area (Å²) < 4.78 is 7.56. The highest BCUT2D eigenvalue weighted by Gasteiger charge is 2.44. The number of ether oxygens (including phenoxy) is 1. The summed E-state index contributed by atoms with van der Waals surface area (Å²) in [4.78, 5) is 14.4. The van der Waals surface area contributed by atoms with Gasteiger partial charge in [0.2, 0.25) is 0 Å². The van der Waals surface area contributed by atoms with Crippen molar-refractivity contribution in [2.75, 3.05) is 38.5 Å². The molecule has 2 aromatic rings. The molecule has 0 aliphatic carbocycles. The van der Waals surface area contributed by atoms with Crippen LogP contribution in [0.2, 0.25) is 0 Å². The van der Waals surface area contributed by atoms with Gasteiger partial charge in [-0.05, 0) is 39.0 Å². The van der Waals surface area contributed by atoms with Crippen LogP contribution in [0.15, 0.2) is 12.7 Å². The smallest absolute Gasteiger partial charge is 0.167 e. The number of rotatable bonds is 9. The van der Waals surface area contributed by atoms with Crippen LogP contribution >= 0.6 is 0 Å². The van der Waals surface area contributed by atoms with E-state index in [0.717, 1.165) is 25.9 Å².